The minimum atomic E-state index is 0.353. The normalized spacial score (nSPS) is 15.4. The van der Waals surface area contributed by atoms with Gasteiger partial charge in [0, 0.05) is 30.3 Å². The number of aromatic nitrogens is 4. The highest BCUT2D eigenvalue weighted by Crippen LogP contribution is 2.42. The van der Waals surface area contributed by atoms with Crippen LogP contribution in [0.4, 0.5) is 5.82 Å². The van der Waals surface area contributed by atoms with Crippen LogP contribution in [0.2, 0.25) is 0 Å². The Morgan fingerprint density at radius 2 is 2.16 bits per heavy atom. The fraction of sp³-hybridized carbons (Fsp3) is 0.571. The third kappa shape index (κ3) is 2.03. The average molecular weight is 259 g/mol. The van der Waals surface area contributed by atoms with Crippen molar-refractivity contribution in [2.45, 2.75) is 52.1 Å². The molecule has 0 spiro atoms. The smallest absolute Gasteiger partial charge is 0.131 e. The highest BCUT2D eigenvalue weighted by Gasteiger charge is 2.30. The molecule has 2 heterocycles. The van der Waals surface area contributed by atoms with Gasteiger partial charge in [-0.3, -0.25) is 4.68 Å². The van der Waals surface area contributed by atoms with Crippen molar-refractivity contribution in [3.63, 3.8) is 0 Å². The lowest BCUT2D eigenvalue weighted by atomic mass is 10.2. The predicted molar refractivity (Wildman–Crippen MR) is 75.9 cm³/mol. The second-order valence-electron chi connectivity index (χ2n) is 5.53. The number of imidazole rings is 1. The molecule has 0 saturated heterocycles. The van der Waals surface area contributed by atoms with Crippen molar-refractivity contribution >= 4 is 5.82 Å². The lowest BCUT2D eigenvalue weighted by molar-refractivity contribution is 0.532. The maximum Gasteiger partial charge on any atom is 0.131 e. The molecule has 5 heteroatoms. The van der Waals surface area contributed by atoms with Crippen LogP contribution in [0.3, 0.4) is 0 Å². The Hall–Kier alpha value is -1.78. The van der Waals surface area contributed by atoms with Crippen molar-refractivity contribution in [2.75, 3.05) is 5.73 Å². The molecule has 2 aromatic rings. The molecular formula is C14H21N5. The van der Waals surface area contributed by atoms with Crippen molar-refractivity contribution in [3.8, 4) is 11.3 Å². The number of nitrogens with zero attached hydrogens (tertiary/aromatic N) is 4. The zero-order valence-corrected chi connectivity index (χ0v) is 11.8. The van der Waals surface area contributed by atoms with Gasteiger partial charge in [0.2, 0.25) is 0 Å². The van der Waals surface area contributed by atoms with Gasteiger partial charge in [-0.2, -0.15) is 5.10 Å². The molecule has 0 radical (unpaired) electrons. The summed E-state index contributed by atoms with van der Waals surface area (Å²) in [6.45, 7) is 7.22. The van der Waals surface area contributed by atoms with E-state index in [1.165, 1.54) is 12.8 Å². The van der Waals surface area contributed by atoms with Crippen molar-refractivity contribution < 1.29 is 0 Å². The summed E-state index contributed by atoms with van der Waals surface area (Å²) in [5, 5.41) is 4.37. The van der Waals surface area contributed by atoms with Gasteiger partial charge in [0.15, 0.2) is 0 Å². The fourth-order valence-electron chi connectivity index (χ4n) is 2.42. The summed E-state index contributed by atoms with van der Waals surface area (Å²) in [6.07, 6.45) is 6.36. The summed E-state index contributed by atoms with van der Waals surface area (Å²) in [6, 6.07) is 0.353. The van der Waals surface area contributed by atoms with E-state index < -0.39 is 0 Å². The zero-order valence-electron chi connectivity index (χ0n) is 11.8. The van der Waals surface area contributed by atoms with E-state index in [1.54, 1.807) is 0 Å². The van der Waals surface area contributed by atoms with Crippen LogP contribution in [0.1, 0.15) is 51.4 Å². The molecule has 0 bridgehead atoms. The van der Waals surface area contributed by atoms with Gasteiger partial charge in [-0.05, 0) is 33.6 Å². The Balaban J connectivity index is 2.03. The van der Waals surface area contributed by atoms with Crippen LogP contribution in [0, 0.1) is 0 Å². The summed E-state index contributed by atoms with van der Waals surface area (Å²) < 4.78 is 4.08. The molecule has 0 unspecified atom stereocenters. The SMILES string of the molecule is CCn1c(C2CC2)nc(-c2cnn(C(C)C)c2)c1N. The number of nitrogen functional groups attached to an aromatic ring is 1. The molecule has 1 saturated carbocycles. The lowest BCUT2D eigenvalue weighted by Crippen LogP contribution is -2.04. The molecule has 1 aliphatic carbocycles. The van der Waals surface area contributed by atoms with Gasteiger partial charge in [-0.1, -0.05) is 0 Å². The highest BCUT2D eigenvalue weighted by atomic mass is 15.3. The molecule has 3 rings (SSSR count). The van der Waals surface area contributed by atoms with E-state index in [9.17, 15) is 0 Å². The van der Waals surface area contributed by atoms with Crippen molar-refractivity contribution in [1.82, 2.24) is 19.3 Å². The van der Waals surface area contributed by atoms with E-state index in [2.05, 4.69) is 30.4 Å². The van der Waals surface area contributed by atoms with Gasteiger partial charge in [-0.25, -0.2) is 4.98 Å². The Morgan fingerprint density at radius 3 is 2.68 bits per heavy atom. The quantitative estimate of drug-likeness (QED) is 0.918. The van der Waals surface area contributed by atoms with Crippen molar-refractivity contribution in [3.05, 3.63) is 18.2 Å². The fourth-order valence-corrected chi connectivity index (χ4v) is 2.42. The van der Waals surface area contributed by atoms with Crippen LogP contribution in [-0.2, 0) is 6.54 Å². The Labute approximate surface area is 113 Å². The van der Waals surface area contributed by atoms with Gasteiger partial charge < -0.3 is 10.3 Å². The molecule has 0 atom stereocenters. The molecule has 1 aliphatic rings. The average Bonchev–Trinajstić information content (AvgIpc) is 3.00. The maximum absolute atomic E-state index is 6.26. The minimum absolute atomic E-state index is 0.353. The zero-order chi connectivity index (χ0) is 13.6. The van der Waals surface area contributed by atoms with E-state index >= 15 is 0 Å². The van der Waals surface area contributed by atoms with Crippen LogP contribution < -0.4 is 5.73 Å². The molecule has 1 fully saturated rings. The summed E-state index contributed by atoms with van der Waals surface area (Å²) in [5.41, 5.74) is 8.16. The van der Waals surface area contributed by atoms with Gasteiger partial charge in [0.25, 0.3) is 0 Å². The van der Waals surface area contributed by atoms with Gasteiger partial charge in [0.05, 0.1) is 6.20 Å². The standard InChI is InChI=1S/C14H21N5/c1-4-18-13(15)12(17-14(18)10-5-6-10)11-7-16-19(8-11)9(2)3/h7-10H,4-6,15H2,1-3H3. The predicted octanol–water partition coefficient (Wildman–Crippen LogP) is 2.81. The summed E-state index contributed by atoms with van der Waals surface area (Å²) in [7, 11) is 0. The van der Waals surface area contributed by atoms with E-state index in [-0.39, 0.29) is 0 Å². The topological polar surface area (TPSA) is 61.7 Å². The third-order valence-electron chi connectivity index (χ3n) is 3.70. The van der Waals surface area contributed by atoms with Crippen LogP contribution in [0.15, 0.2) is 12.4 Å². The first-order chi connectivity index (χ1) is 9.11. The van der Waals surface area contributed by atoms with E-state index in [1.807, 2.05) is 17.1 Å². The third-order valence-corrected chi connectivity index (χ3v) is 3.70. The molecule has 102 valence electrons. The van der Waals surface area contributed by atoms with Gasteiger partial charge in [-0.15, -0.1) is 0 Å². The molecule has 2 N–H and O–H groups in total. The van der Waals surface area contributed by atoms with Crippen LogP contribution in [0.5, 0.6) is 0 Å². The first-order valence-electron chi connectivity index (χ1n) is 7.02. The van der Waals surface area contributed by atoms with Crippen LogP contribution >= 0.6 is 0 Å². The number of hydrogen-bond donors (Lipinski definition) is 1. The van der Waals surface area contributed by atoms with Crippen molar-refractivity contribution in [2.24, 2.45) is 0 Å². The summed E-state index contributed by atoms with van der Waals surface area (Å²) in [5.74, 6) is 2.52. The number of rotatable bonds is 4. The lowest BCUT2D eigenvalue weighted by Gasteiger charge is -2.05. The molecular weight excluding hydrogens is 238 g/mol. The monoisotopic (exact) mass is 259 g/mol. The molecule has 0 aliphatic heterocycles. The second kappa shape index (κ2) is 4.40. The van der Waals surface area contributed by atoms with E-state index in [0.29, 0.717) is 12.0 Å². The van der Waals surface area contributed by atoms with E-state index in [4.69, 9.17) is 10.7 Å². The Morgan fingerprint density at radius 1 is 1.42 bits per heavy atom. The number of hydrogen-bond acceptors (Lipinski definition) is 3. The maximum atomic E-state index is 6.26. The molecule has 19 heavy (non-hydrogen) atoms. The molecule has 0 aromatic carbocycles. The van der Waals surface area contributed by atoms with E-state index in [0.717, 1.165) is 29.4 Å². The van der Waals surface area contributed by atoms with Crippen LogP contribution in [0.25, 0.3) is 11.3 Å². The Kier molecular flexibility index (Phi) is 2.84. The minimum Gasteiger partial charge on any atom is -0.383 e. The molecule has 0 amide bonds. The number of anilines is 1. The van der Waals surface area contributed by atoms with Crippen LogP contribution in [-0.4, -0.2) is 19.3 Å². The molecule has 2 aromatic heterocycles. The highest BCUT2D eigenvalue weighted by molar-refractivity contribution is 5.70. The van der Waals surface area contributed by atoms with Gasteiger partial charge >= 0.3 is 0 Å². The first-order valence-corrected chi connectivity index (χ1v) is 7.02. The van der Waals surface area contributed by atoms with Gasteiger partial charge in [0.1, 0.15) is 17.3 Å². The second-order valence-corrected chi connectivity index (χ2v) is 5.53. The van der Waals surface area contributed by atoms with Crippen molar-refractivity contribution in [1.29, 1.82) is 0 Å². The summed E-state index contributed by atoms with van der Waals surface area (Å²) in [4.78, 5) is 4.77. The molecule has 5 nitrogen and oxygen atoms in total. The largest absolute Gasteiger partial charge is 0.383 e. The Bertz CT molecular complexity index is 589. The summed E-state index contributed by atoms with van der Waals surface area (Å²) >= 11 is 0. The number of nitrogens with two attached hydrogens (primary N) is 1. The first kappa shape index (κ1) is 12.3.